The van der Waals surface area contributed by atoms with Crippen molar-refractivity contribution in [3.05, 3.63) is 35.4 Å². The van der Waals surface area contributed by atoms with E-state index >= 15 is 0 Å². The molecule has 3 rings (SSSR count). The molecule has 1 saturated carbocycles. The quantitative estimate of drug-likeness (QED) is 0.865. The molecule has 2 aliphatic rings. The van der Waals surface area contributed by atoms with Crippen LogP contribution in [-0.2, 0) is 16.4 Å². The minimum Gasteiger partial charge on any atom is -0.355 e. The smallest absolute Gasteiger partial charge is 0.355 e. The Kier molecular flexibility index (Phi) is 4.60. The first-order chi connectivity index (χ1) is 11.3. The summed E-state index contributed by atoms with van der Waals surface area (Å²) in [6, 6.07) is 5.55. The summed E-state index contributed by atoms with van der Waals surface area (Å²) >= 11 is 0. The molecule has 3 nitrogen and oxygen atoms in total. The topological polar surface area (TPSA) is 41.1 Å². The van der Waals surface area contributed by atoms with E-state index in [1.165, 1.54) is 12.1 Å². The molecule has 2 fully saturated rings. The molecule has 2 N–H and O–H groups in total. The lowest BCUT2D eigenvalue weighted by molar-refractivity contribution is -0.137. The molecule has 1 amide bonds. The van der Waals surface area contributed by atoms with Gasteiger partial charge in [0, 0.05) is 17.9 Å². The molecule has 0 aromatic heterocycles. The predicted octanol–water partition coefficient (Wildman–Crippen LogP) is 3.10. The van der Waals surface area contributed by atoms with Crippen LogP contribution in [0.15, 0.2) is 24.3 Å². The summed E-state index contributed by atoms with van der Waals surface area (Å²) in [6.07, 6.45) is -1.73. The van der Waals surface area contributed by atoms with Crippen LogP contribution in [0.25, 0.3) is 0 Å². The number of rotatable bonds is 5. The van der Waals surface area contributed by atoms with E-state index in [9.17, 15) is 18.0 Å². The molecule has 1 aliphatic heterocycles. The van der Waals surface area contributed by atoms with Crippen LogP contribution < -0.4 is 10.6 Å². The molecule has 1 aromatic rings. The molecule has 132 valence electrons. The third kappa shape index (κ3) is 3.29. The van der Waals surface area contributed by atoms with Crippen LogP contribution in [0.2, 0.25) is 0 Å². The summed E-state index contributed by atoms with van der Waals surface area (Å²) in [7, 11) is 0. The fourth-order valence-electron chi connectivity index (χ4n) is 3.49. The maximum atomic E-state index is 13.0. The van der Waals surface area contributed by atoms with Gasteiger partial charge in [-0.05, 0) is 43.5 Å². The molecule has 1 aromatic carbocycles. The molecule has 1 saturated heterocycles. The highest BCUT2D eigenvalue weighted by molar-refractivity contribution is 5.79. The van der Waals surface area contributed by atoms with E-state index in [1.54, 1.807) is 6.07 Å². The molecular weight excluding hydrogens is 317 g/mol. The van der Waals surface area contributed by atoms with Crippen molar-refractivity contribution < 1.29 is 18.0 Å². The molecular formula is C18H23F3N2O. The minimum absolute atomic E-state index is 0.000231. The van der Waals surface area contributed by atoms with E-state index in [2.05, 4.69) is 10.6 Å². The predicted molar refractivity (Wildman–Crippen MR) is 85.5 cm³/mol. The van der Waals surface area contributed by atoms with E-state index in [-0.39, 0.29) is 17.2 Å². The number of benzene rings is 1. The Bertz CT molecular complexity index is 607. The number of amides is 1. The van der Waals surface area contributed by atoms with Gasteiger partial charge in [-0.2, -0.15) is 13.2 Å². The lowest BCUT2D eigenvalue weighted by Gasteiger charge is -2.43. The zero-order chi connectivity index (χ0) is 17.4. The van der Waals surface area contributed by atoms with Crippen molar-refractivity contribution in [3.63, 3.8) is 0 Å². The van der Waals surface area contributed by atoms with Gasteiger partial charge in [0.2, 0.25) is 5.91 Å². The zero-order valence-corrected chi connectivity index (χ0v) is 13.7. The number of carbonyl (C=O) groups excluding carboxylic acids is 1. The first-order valence-electron chi connectivity index (χ1n) is 8.48. The van der Waals surface area contributed by atoms with Gasteiger partial charge in [-0.3, -0.25) is 4.79 Å². The van der Waals surface area contributed by atoms with Crippen molar-refractivity contribution in [2.45, 2.75) is 37.8 Å². The van der Waals surface area contributed by atoms with Crippen LogP contribution in [0, 0.1) is 11.8 Å². The Morgan fingerprint density at radius 3 is 2.58 bits per heavy atom. The van der Waals surface area contributed by atoms with Gasteiger partial charge >= 0.3 is 6.18 Å². The number of alkyl halides is 3. The van der Waals surface area contributed by atoms with Gasteiger partial charge in [0.1, 0.15) is 0 Å². The zero-order valence-electron chi connectivity index (χ0n) is 13.7. The van der Waals surface area contributed by atoms with Crippen molar-refractivity contribution in [2.75, 3.05) is 19.6 Å². The third-order valence-corrected chi connectivity index (χ3v) is 5.65. The molecule has 1 atom stereocenters. The van der Waals surface area contributed by atoms with Gasteiger partial charge in [-0.15, -0.1) is 0 Å². The maximum absolute atomic E-state index is 13.0. The van der Waals surface area contributed by atoms with E-state index < -0.39 is 11.7 Å². The number of hydrogen-bond donors (Lipinski definition) is 2. The van der Waals surface area contributed by atoms with Crippen LogP contribution in [-0.4, -0.2) is 25.5 Å². The summed E-state index contributed by atoms with van der Waals surface area (Å²) in [6.45, 7) is 4.04. The summed E-state index contributed by atoms with van der Waals surface area (Å²) < 4.78 is 38.9. The average molecular weight is 340 g/mol. The first-order valence-corrected chi connectivity index (χ1v) is 8.48. The molecule has 6 heteroatoms. The van der Waals surface area contributed by atoms with Crippen LogP contribution in [0.1, 0.15) is 37.3 Å². The average Bonchev–Trinajstić information content (AvgIpc) is 2.43. The highest BCUT2D eigenvalue weighted by Crippen LogP contribution is 2.44. The van der Waals surface area contributed by atoms with E-state index in [4.69, 9.17) is 0 Å². The van der Waals surface area contributed by atoms with Crippen molar-refractivity contribution >= 4 is 5.91 Å². The number of nitrogens with one attached hydrogen (secondary N) is 2. The van der Waals surface area contributed by atoms with Crippen molar-refractivity contribution in [1.82, 2.24) is 10.6 Å². The fraction of sp³-hybridized carbons (Fsp3) is 0.611. The molecule has 1 unspecified atom stereocenters. The maximum Gasteiger partial charge on any atom is 0.416 e. The summed E-state index contributed by atoms with van der Waals surface area (Å²) in [5.41, 5.74) is -0.289. The van der Waals surface area contributed by atoms with E-state index in [0.717, 1.165) is 38.4 Å². The van der Waals surface area contributed by atoms with Gasteiger partial charge in [0.05, 0.1) is 5.56 Å². The summed E-state index contributed by atoms with van der Waals surface area (Å²) in [5.74, 6) is 0.292. The Labute approximate surface area is 140 Å². The highest BCUT2D eigenvalue weighted by atomic mass is 19.4. The van der Waals surface area contributed by atoms with Gasteiger partial charge < -0.3 is 10.6 Å². The summed E-state index contributed by atoms with van der Waals surface area (Å²) in [5, 5.41) is 6.13. The molecule has 0 bridgehead atoms. The normalized spacial score (nSPS) is 21.5. The second-order valence-corrected chi connectivity index (χ2v) is 7.14. The van der Waals surface area contributed by atoms with Crippen LogP contribution in [0.5, 0.6) is 0 Å². The second-order valence-electron chi connectivity index (χ2n) is 7.14. The number of carbonyl (C=O) groups is 1. The molecule has 24 heavy (non-hydrogen) atoms. The van der Waals surface area contributed by atoms with Crippen LogP contribution >= 0.6 is 0 Å². The highest BCUT2D eigenvalue weighted by Gasteiger charge is 2.41. The van der Waals surface area contributed by atoms with Crippen LogP contribution in [0.4, 0.5) is 13.2 Å². The third-order valence-electron chi connectivity index (χ3n) is 5.65. The van der Waals surface area contributed by atoms with Gasteiger partial charge in [0.25, 0.3) is 0 Å². The van der Waals surface area contributed by atoms with Gasteiger partial charge in [0.15, 0.2) is 0 Å². The van der Waals surface area contributed by atoms with Crippen molar-refractivity contribution in [3.8, 4) is 0 Å². The second kappa shape index (κ2) is 6.39. The largest absolute Gasteiger partial charge is 0.416 e. The van der Waals surface area contributed by atoms with E-state index in [0.29, 0.717) is 18.0 Å². The minimum atomic E-state index is -4.34. The standard InChI is InChI=1S/C18H23F3N2O/c1-12(13-9-22-10-13)16(24)23-11-17(6-3-7-17)14-4-2-5-15(8-14)18(19,20)21/h2,4-5,8,12-13,22H,3,6-7,9-11H2,1H3,(H,23,24). The van der Waals surface area contributed by atoms with Crippen LogP contribution in [0.3, 0.4) is 0 Å². The lowest BCUT2D eigenvalue weighted by atomic mass is 9.64. The monoisotopic (exact) mass is 340 g/mol. The lowest BCUT2D eigenvalue weighted by Crippen LogP contribution is -2.52. The van der Waals surface area contributed by atoms with Crippen molar-refractivity contribution in [1.29, 1.82) is 0 Å². The Hall–Kier alpha value is -1.56. The summed E-state index contributed by atoms with van der Waals surface area (Å²) in [4.78, 5) is 12.3. The SMILES string of the molecule is CC(C(=O)NCC1(c2cccc(C(F)(F)F)c2)CCC1)C1CNC1. The molecule has 1 aliphatic carbocycles. The first kappa shape index (κ1) is 17.3. The van der Waals surface area contributed by atoms with Crippen molar-refractivity contribution in [2.24, 2.45) is 11.8 Å². The Morgan fingerprint density at radius 2 is 2.08 bits per heavy atom. The van der Waals surface area contributed by atoms with E-state index in [1.807, 2.05) is 6.92 Å². The molecule has 1 heterocycles. The Balaban J connectivity index is 1.69. The molecule has 0 radical (unpaired) electrons. The number of hydrogen-bond acceptors (Lipinski definition) is 2. The number of halogens is 3. The van der Waals surface area contributed by atoms with Gasteiger partial charge in [-0.25, -0.2) is 0 Å². The Morgan fingerprint density at radius 1 is 1.38 bits per heavy atom. The molecule has 0 spiro atoms. The van der Waals surface area contributed by atoms with Gasteiger partial charge in [-0.1, -0.05) is 31.5 Å². The fourth-order valence-corrected chi connectivity index (χ4v) is 3.49.